The predicted molar refractivity (Wildman–Crippen MR) is 114 cm³/mol. The van der Waals surface area contributed by atoms with E-state index in [0.717, 1.165) is 5.56 Å². The topological polar surface area (TPSA) is 121 Å². The number of aromatic nitrogens is 2. The number of hydrogen-bond acceptors (Lipinski definition) is 6. The van der Waals surface area contributed by atoms with Crippen molar-refractivity contribution in [2.75, 3.05) is 5.43 Å². The fourth-order valence-electron chi connectivity index (χ4n) is 3.00. The fourth-order valence-corrected chi connectivity index (χ4v) is 5.50. The molecule has 0 aliphatic carbocycles. The second-order valence-electron chi connectivity index (χ2n) is 7.25. The molecule has 0 fully saturated rings. The molecule has 8 nitrogen and oxygen atoms in total. The van der Waals surface area contributed by atoms with Crippen molar-refractivity contribution in [2.45, 2.75) is 48.3 Å². The van der Waals surface area contributed by atoms with Gasteiger partial charge in [-0.1, -0.05) is 26.0 Å². The molecule has 0 amide bonds. The van der Waals surface area contributed by atoms with E-state index in [-0.39, 0.29) is 14.7 Å². The molecule has 0 aliphatic heterocycles. The SMILES string of the molecule is Cc1n[nH]c(C)c1S(=O)(=O)NNc1ccc(S(=O)(=O)c2ccc(C(C)C)cc2)cc1. The molecule has 3 N–H and O–H groups in total. The molecule has 0 saturated heterocycles. The number of aryl methyl sites for hydroxylation is 2. The van der Waals surface area contributed by atoms with Crippen LogP contribution in [0.3, 0.4) is 0 Å². The Balaban J connectivity index is 1.76. The van der Waals surface area contributed by atoms with Crippen LogP contribution in [0, 0.1) is 13.8 Å². The normalized spacial score (nSPS) is 12.3. The Labute approximate surface area is 176 Å². The van der Waals surface area contributed by atoms with E-state index >= 15 is 0 Å². The first-order valence-corrected chi connectivity index (χ1v) is 12.2. The number of nitrogens with zero attached hydrogens (tertiary/aromatic N) is 1. The molecule has 160 valence electrons. The lowest BCUT2D eigenvalue weighted by molar-refractivity contribution is 0.586. The minimum Gasteiger partial charge on any atom is -0.308 e. The van der Waals surface area contributed by atoms with Crippen molar-refractivity contribution in [2.24, 2.45) is 0 Å². The third kappa shape index (κ3) is 4.40. The lowest BCUT2D eigenvalue weighted by Gasteiger charge is -2.11. The summed E-state index contributed by atoms with van der Waals surface area (Å²) in [7, 11) is -7.51. The highest BCUT2D eigenvalue weighted by molar-refractivity contribution is 7.91. The van der Waals surface area contributed by atoms with Crippen LogP contribution in [0.5, 0.6) is 0 Å². The van der Waals surface area contributed by atoms with Gasteiger partial charge in [0.15, 0.2) is 0 Å². The molecule has 0 radical (unpaired) electrons. The van der Waals surface area contributed by atoms with Crippen molar-refractivity contribution in [3.05, 3.63) is 65.5 Å². The highest BCUT2D eigenvalue weighted by Gasteiger charge is 2.22. The van der Waals surface area contributed by atoms with Crippen LogP contribution in [0.1, 0.15) is 36.7 Å². The molecule has 30 heavy (non-hydrogen) atoms. The quantitative estimate of drug-likeness (QED) is 0.477. The molecule has 1 heterocycles. The van der Waals surface area contributed by atoms with Gasteiger partial charge in [0.2, 0.25) is 9.84 Å². The summed E-state index contributed by atoms with van der Waals surface area (Å²) in [4.78, 5) is 2.68. The lowest BCUT2D eigenvalue weighted by atomic mass is 10.0. The van der Waals surface area contributed by atoms with Gasteiger partial charge in [-0.05, 0) is 61.7 Å². The highest BCUT2D eigenvalue weighted by Crippen LogP contribution is 2.24. The Morgan fingerprint density at radius 3 is 1.87 bits per heavy atom. The molecule has 10 heteroatoms. The van der Waals surface area contributed by atoms with Crippen LogP contribution in [0.25, 0.3) is 0 Å². The van der Waals surface area contributed by atoms with Crippen LogP contribution in [0.2, 0.25) is 0 Å². The monoisotopic (exact) mass is 448 g/mol. The van der Waals surface area contributed by atoms with Gasteiger partial charge in [0.1, 0.15) is 4.90 Å². The number of anilines is 1. The van der Waals surface area contributed by atoms with Gasteiger partial charge in [0, 0.05) is 5.69 Å². The zero-order chi connectivity index (χ0) is 22.1. The van der Waals surface area contributed by atoms with Crippen molar-refractivity contribution >= 4 is 25.5 Å². The average molecular weight is 449 g/mol. The number of benzene rings is 2. The van der Waals surface area contributed by atoms with E-state index in [2.05, 4.69) is 20.5 Å². The molecule has 3 rings (SSSR count). The van der Waals surface area contributed by atoms with Crippen molar-refractivity contribution in [1.82, 2.24) is 15.0 Å². The molecule has 0 atom stereocenters. The minimum absolute atomic E-state index is 0.0686. The molecule has 1 aromatic heterocycles. The Hall–Kier alpha value is -2.69. The molecule has 0 unspecified atom stereocenters. The number of aromatic amines is 1. The van der Waals surface area contributed by atoms with Crippen LogP contribution in [-0.4, -0.2) is 27.0 Å². The smallest absolute Gasteiger partial charge is 0.260 e. The number of sulfone groups is 1. The second kappa shape index (κ2) is 8.21. The molecular weight excluding hydrogens is 424 g/mol. The van der Waals surface area contributed by atoms with Crippen molar-refractivity contribution in [1.29, 1.82) is 0 Å². The number of H-pyrrole nitrogens is 1. The summed E-state index contributed by atoms with van der Waals surface area (Å²) < 4.78 is 50.6. The number of hydrogen-bond donors (Lipinski definition) is 3. The van der Waals surface area contributed by atoms with Crippen molar-refractivity contribution in [3.63, 3.8) is 0 Å². The average Bonchev–Trinajstić information content (AvgIpc) is 3.06. The van der Waals surface area contributed by atoms with Crippen LogP contribution < -0.4 is 10.3 Å². The van der Waals surface area contributed by atoms with Gasteiger partial charge < -0.3 is 5.43 Å². The Bertz CT molecular complexity index is 1230. The summed E-state index contributed by atoms with van der Waals surface area (Å²) in [5, 5.41) is 6.51. The highest BCUT2D eigenvalue weighted by atomic mass is 32.2. The standard InChI is InChI=1S/C20H24N4O4S2/c1-13(2)16-5-9-18(10-6-16)29(25,26)19-11-7-17(8-12-19)23-24-30(27,28)20-14(3)21-22-15(20)4/h5-13,23-24H,1-4H3,(H,21,22). The molecule has 2 aromatic carbocycles. The molecule has 0 aliphatic rings. The van der Waals surface area contributed by atoms with Gasteiger partial charge in [-0.2, -0.15) is 5.10 Å². The summed E-state index contributed by atoms with van der Waals surface area (Å²) in [6.07, 6.45) is 0. The third-order valence-electron chi connectivity index (χ3n) is 4.68. The van der Waals surface area contributed by atoms with Crippen LogP contribution in [0.15, 0.2) is 63.2 Å². The maximum Gasteiger partial charge on any atom is 0.260 e. The van der Waals surface area contributed by atoms with E-state index < -0.39 is 19.9 Å². The Kier molecular flexibility index (Phi) is 6.02. The van der Waals surface area contributed by atoms with Crippen LogP contribution in [0.4, 0.5) is 5.69 Å². The molecule has 0 bridgehead atoms. The maximum atomic E-state index is 12.8. The first-order chi connectivity index (χ1) is 14.0. The van der Waals surface area contributed by atoms with E-state index in [1.807, 2.05) is 26.0 Å². The van der Waals surface area contributed by atoms with E-state index in [0.29, 0.717) is 23.0 Å². The van der Waals surface area contributed by atoms with Gasteiger partial charge in [0.05, 0.1) is 21.2 Å². The van der Waals surface area contributed by atoms with E-state index in [1.165, 1.54) is 24.3 Å². The van der Waals surface area contributed by atoms with Gasteiger partial charge >= 0.3 is 0 Å². The largest absolute Gasteiger partial charge is 0.308 e. The van der Waals surface area contributed by atoms with E-state index in [4.69, 9.17) is 0 Å². The molecule has 0 spiro atoms. The summed E-state index contributed by atoms with van der Waals surface area (Å²) in [6, 6.07) is 12.7. The maximum absolute atomic E-state index is 12.8. The molecule has 3 aromatic rings. The number of hydrazine groups is 1. The summed E-state index contributed by atoms with van der Waals surface area (Å²) in [5.41, 5.74) is 4.82. The number of rotatable bonds is 7. The number of sulfonamides is 1. The van der Waals surface area contributed by atoms with Crippen molar-refractivity contribution in [3.8, 4) is 0 Å². The first kappa shape index (κ1) is 22.0. The lowest BCUT2D eigenvalue weighted by Crippen LogP contribution is -2.30. The fraction of sp³-hybridized carbons (Fsp3) is 0.250. The van der Waals surface area contributed by atoms with Crippen molar-refractivity contribution < 1.29 is 16.8 Å². The van der Waals surface area contributed by atoms with Gasteiger partial charge in [-0.15, -0.1) is 4.83 Å². The zero-order valence-corrected chi connectivity index (χ0v) is 18.7. The Morgan fingerprint density at radius 1 is 0.867 bits per heavy atom. The summed E-state index contributed by atoms with van der Waals surface area (Å²) in [5.74, 6) is 0.311. The van der Waals surface area contributed by atoms with Gasteiger partial charge in [-0.3, -0.25) is 5.10 Å². The summed E-state index contributed by atoms with van der Waals surface area (Å²) >= 11 is 0. The number of nitrogens with one attached hydrogen (secondary N) is 3. The molecule has 0 saturated carbocycles. The van der Waals surface area contributed by atoms with Crippen LogP contribution >= 0.6 is 0 Å². The Morgan fingerprint density at radius 2 is 1.40 bits per heavy atom. The minimum atomic E-state index is -3.84. The first-order valence-electron chi connectivity index (χ1n) is 9.27. The van der Waals surface area contributed by atoms with E-state index in [9.17, 15) is 16.8 Å². The predicted octanol–water partition coefficient (Wildman–Crippen LogP) is 3.29. The second-order valence-corrected chi connectivity index (χ2v) is 10.8. The summed E-state index contributed by atoms with van der Waals surface area (Å²) in [6.45, 7) is 7.28. The van der Waals surface area contributed by atoms with E-state index in [1.54, 1.807) is 26.0 Å². The van der Waals surface area contributed by atoms with Gasteiger partial charge in [0.25, 0.3) is 10.0 Å². The zero-order valence-electron chi connectivity index (χ0n) is 17.1. The third-order valence-corrected chi connectivity index (χ3v) is 7.98. The molecular formula is C20H24N4O4S2. The van der Waals surface area contributed by atoms with Crippen LogP contribution in [-0.2, 0) is 19.9 Å². The van der Waals surface area contributed by atoms with Gasteiger partial charge in [-0.25, -0.2) is 16.8 Å².